The summed E-state index contributed by atoms with van der Waals surface area (Å²) < 4.78 is 13.8. The molecule has 2 atom stereocenters. The van der Waals surface area contributed by atoms with E-state index in [0.29, 0.717) is 31.7 Å². The molecule has 0 aliphatic carbocycles. The average Bonchev–Trinajstić information content (AvgIpc) is 3.22. The zero-order valence-corrected chi connectivity index (χ0v) is 13.4. The molecule has 3 rings (SSSR count). The van der Waals surface area contributed by atoms with Crippen LogP contribution < -0.4 is 10.2 Å². The van der Waals surface area contributed by atoms with E-state index >= 15 is 0 Å². The number of aliphatic carboxylic acids is 1. The van der Waals surface area contributed by atoms with Crippen LogP contribution in [0, 0.1) is 17.7 Å². The van der Waals surface area contributed by atoms with Crippen molar-refractivity contribution >= 4 is 17.7 Å². The molecule has 2 aliphatic rings. The number of hydrogen-bond donors (Lipinski definition) is 2. The summed E-state index contributed by atoms with van der Waals surface area (Å²) in [5.74, 6) is -1.26. The van der Waals surface area contributed by atoms with E-state index in [1.807, 2.05) is 11.0 Å². The van der Waals surface area contributed by atoms with Gasteiger partial charge in [0.05, 0.1) is 11.6 Å². The van der Waals surface area contributed by atoms with Gasteiger partial charge in [0.1, 0.15) is 5.82 Å². The van der Waals surface area contributed by atoms with Gasteiger partial charge in [0.15, 0.2) is 0 Å². The minimum absolute atomic E-state index is 0.205. The lowest BCUT2D eigenvalue weighted by atomic mass is 10.1. The van der Waals surface area contributed by atoms with Crippen molar-refractivity contribution in [2.75, 3.05) is 37.6 Å². The van der Waals surface area contributed by atoms with Crippen molar-refractivity contribution in [2.24, 2.45) is 11.8 Å². The van der Waals surface area contributed by atoms with Crippen molar-refractivity contribution in [3.8, 4) is 0 Å². The van der Waals surface area contributed by atoms with Crippen molar-refractivity contribution in [3.05, 3.63) is 30.1 Å². The van der Waals surface area contributed by atoms with E-state index in [1.165, 1.54) is 6.07 Å². The van der Waals surface area contributed by atoms with Gasteiger partial charge in [-0.1, -0.05) is 12.1 Å². The van der Waals surface area contributed by atoms with Gasteiger partial charge >= 0.3 is 12.0 Å². The number of rotatable bonds is 4. The molecule has 1 aromatic rings. The van der Waals surface area contributed by atoms with Crippen LogP contribution in [0.15, 0.2) is 24.3 Å². The van der Waals surface area contributed by atoms with Crippen molar-refractivity contribution in [2.45, 2.75) is 12.8 Å². The summed E-state index contributed by atoms with van der Waals surface area (Å²) in [7, 11) is 0. The summed E-state index contributed by atoms with van der Waals surface area (Å²) in [6.45, 7) is 2.76. The molecule has 0 saturated carbocycles. The quantitative estimate of drug-likeness (QED) is 0.879. The molecule has 2 heterocycles. The van der Waals surface area contributed by atoms with Crippen LogP contribution in [0.1, 0.15) is 12.8 Å². The lowest BCUT2D eigenvalue weighted by molar-refractivity contribution is -0.141. The Bertz CT molecular complexity index is 625. The minimum atomic E-state index is -0.846. The number of nitrogens with one attached hydrogen (secondary N) is 1. The number of benzene rings is 1. The number of urea groups is 1. The summed E-state index contributed by atoms with van der Waals surface area (Å²) >= 11 is 0. The van der Waals surface area contributed by atoms with Crippen LogP contribution in [0.5, 0.6) is 0 Å². The first-order chi connectivity index (χ1) is 11.5. The Morgan fingerprint density at radius 3 is 2.71 bits per heavy atom. The van der Waals surface area contributed by atoms with Gasteiger partial charge in [0.25, 0.3) is 0 Å². The largest absolute Gasteiger partial charge is 0.481 e. The van der Waals surface area contributed by atoms with Crippen LogP contribution in [0.3, 0.4) is 0 Å². The molecule has 0 aromatic heterocycles. The number of carboxylic acids is 1. The third-order valence-corrected chi connectivity index (χ3v) is 4.85. The van der Waals surface area contributed by atoms with Gasteiger partial charge in [-0.2, -0.15) is 0 Å². The lowest BCUT2D eigenvalue weighted by Crippen LogP contribution is -2.41. The number of para-hydroxylation sites is 1. The van der Waals surface area contributed by atoms with Crippen molar-refractivity contribution in [1.82, 2.24) is 10.2 Å². The highest BCUT2D eigenvalue weighted by molar-refractivity contribution is 5.77. The molecule has 130 valence electrons. The SMILES string of the molecule is O=C(O)C1CCN(C(=O)NCC2CCN(c3ccccc3F)C2)C1. The molecular weight excluding hydrogens is 313 g/mol. The molecule has 2 aliphatic heterocycles. The van der Waals surface area contributed by atoms with Gasteiger partial charge in [-0.15, -0.1) is 0 Å². The maximum absolute atomic E-state index is 13.8. The zero-order chi connectivity index (χ0) is 17.1. The second-order valence-electron chi connectivity index (χ2n) is 6.51. The Morgan fingerprint density at radius 1 is 1.21 bits per heavy atom. The maximum Gasteiger partial charge on any atom is 0.317 e. The van der Waals surface area contributed by atoms with E-state index in [1.54, 1.807) is 17.0 Å². The van der Waals surface area contributed by atoms with Crippen molar-refractivity contribution < 1.29 is 19.1 Å². The van der Waals surface area contributed by atoms with Gasteiger partial charge in [0, 0.05) is 32.7 Å². The van der Waals surface area contributed by atoms with Crippen LogP contribution in [0.2, 0.25) is 0 Å². The Morgan fingerprint density at radius 2 is 2.00 bits per heavy atom. The summed E-state index contributed by atoms with van der Waals surface area (Å²) in [4.78, 5) is 26.6. The first-order valence-electron chi connectivity index (χ1n) is 8.29. The standard InChI is InChI=1S/C17H22FN3O3/c18-14-3-1-2-4-15(14)20-7-5-12(10-20)9-19-17(24)21-8-6-13(11-21)16(22)23/h1-4,12-13H,5-11H2,(H,19,24)(H,22,23). The number of carboxylic acid groups (broad SMARTS) is 1. The predicted molar refractivity (Wildman–Crippen MR) is 87.4 cm³/mol. The van der Waals surface area contributed by atoms with E-state index < -0.39 is 11.9 Å². The monoisotopic (exact) mass is 335 g/mol. The van der Waals surface area contributed by atoms with Gasteiger partial charge < -0.3 is 20.2 Å². The molecule has 0 spiro atoms. The maximum atomic E-state index is 13.8. The molecule has 6 nitrogen and oxygen atoms in total. The molecule has 2 amide bonds. The highest BCUT2D eigenvalue weighted by Gasteiger charge is 2.31. The Labute approximate surface area is 140 Å². The number of anilines is 1. The molecule has 7 heteroatoms. The third kappa shape index (κ3) is 3.60. The number of amides is 2. The number of carbonyl (C=O) groups is 2. The number of nitrogens with zero attached hydrogens (tertiary/aromatic N) is 2. The Balaban J connectivity index is 1.46. The third-order valence-electron chi connectivity index (χ3n) is 4.85. The van der Waals surface area contributed by atoms with Gasteiger partial charge in [-0.3, -0.25) is 4.79 Å². The smallest absolute Gasteiger partial charge is 0.317 e. The van der Waals surface area contributed by atoms with E-state index in [9.17, 15) is 14.0 Å². The molecule has 2 unspecified atom stereocenters. The van der Waals surface area contributed by atoms with Crippen molar-refractivity contribution in [3.63, 3.8) is 0 Å². The molecule has 2 N–H and O–H groups in total. The fourth-order valence-corrected chi connectivity index (χ4v) is 3.42. The van der Waals surface area contributed by atoms with Gasteiger partial charge in [0.2, 0.25) is 0 Å². The molecule has 1 aromatic carbocycles. The minimum Gasteiger partial charge on any atom is -0.481 e. The fourth-order valence-electron chi connectivity index (χ4n) is 3.42. The normalized spacial score (nSPS) is 23.5. The summed E-state index contributed by atoms with van der Waals surface area (Å²) in [5, 5.41) is 11.9. The van der Waals surface area contributed by atoms with Crippen LogP contribution in [-0.2, 0) is 4.79 Å². The number of hydrogen-bond acceptors (Lipinski definition) is 3. The van der Waals surface area contributed by atoms with Crippen LogP contribution >= 0.6 is 0 Å². The van der Waals surface area contributed by atoms with Crippen LogP contribution in [0.25, 0.3) is 0 Å². The lowest BCUT2D eigenvalue weighted by Gasteiger charge is -2.21. The van der Waals surface area contributed by atoms with Crippen molar-refractivity contribution in [1.29, 1.82) is 0 Å². The second-order valence-corrected chi connectivity index (χ2v) is 6.51. The molecule has 24 heavy (non-hydrogen) atoms. The Kier molecular flexibility index (Phi) is 4.87. The van der Waals surface area contributed by atoms with Crippen LogP contribution in [0.4, 0.5) is 14.9 Å². The molecule has 0 radical (unpaired) electrons. The first kappa shape index (κ1) is 16.5. The number of likely N-dealkylation sites (tertiary alicyclic amines) is 1. The number of halogens is 1. The van der Waals surface area contributed by atoms with Crippen LogP contribution in [-0.4, -0.2) is 54.7 Å². The topological polar surface area (TPSA) is 72.9 Å². The first-order valence-corrected chi connectivity index (χ1v) is 8.29. The van der Waals surface area contributed by atoms with E-state index in [-0.39, 0.29) is 24.3 Å². The Hall–Kier alpha value is -2.31. The second kappa shape index (κ2) is 7.07. The van der Waals surface area contributed by atoms with Gasteiger partial charge in [-0.25, -0.2) is 9.18 Å². The summed E-state index contributed by atoms with van der Waals surface area (Å²) in [5.41, 5.74) is 0.607. The zero-order valence-electron chi connectivity index (χ0n) is 13.4. The number of carbonyl (C=O) groups excluding carboxylic acids is 1. The average molecular weight is 335 g/mol. The van der Waals surface area contributed by atoms with E-state index in [4.69, 9.17) is 5.11 Å². The highest BCUT2D eigenvalue weighted by atomic mass is 19.1. The van der Waals surface area contributed by atoms with E-state index in [0.717, 1.165) is 13.0 Å². The molecule has 2 saturated heterocycles. The fraction of sp³-hybridized carbons (Fsp3) is 0.529. The summed E-state index contributed by atoms with van der Waals surface area (Å²) in [6, 6.07) is 6.51. The highest BCUT2D eigenvalue weighted by Crippen LogP contribution is 2.26. The predicted octanol–water partition coefficient (Wildman–Crippen LogP) is 1.77. The summed E-state index contributed by atoms with van der Waals surface area (Å²) in [6.07, 6.45) is 1.40. The molecule has 2 fully saturated rings. The molecular formula is C17H22FN3O3. The van der Waals surface area contributed by atoms with Gasteiger partial charge in [-0.05, 0) is 30.9 Å². The molecule has 0 bridgehead atoms. The van der Waals surface area contributed by atoms with E-state index in [2.05, 4.69) is 5.32 Å².